The molecule has 0 aromatic carbocycles. The van der Waals surface area contributed by atoms with E-state index >= 15 is 0 Å². The van der Waals surface area contributed by atoms with Crippen molar-refractivity contribution in [3.05, 3.63) is 50.3 Å². The molecule has 0 radical (unpaired) electrons. The Morgan fingerprint density at radius 1 is 1.30 bits per heavy atom. The predicted molar refractivity (Wildman–Crippen MR) is 91.8 cm³/mol. The van der Waals surface area contributed by atoms with Gasteiger partial charge in [-0.1, -0.05) is 0 Å². The lowest BCUT2D eigenvalue weighted by Gasteiger charge is -2.31. The van der Waals surface area contributed by atoms with Gasteiger partial charge in [0.05, 0.1) is 10.6 Å². The number of pyridine rings is 1. The summed E-state index contributed by atoms with van der Waals surface area (Å²) in [7, 11) is 0. The molecule has 2 aromatic heterocycles. The molecule has 1 saturated heterocycles. The van der Waals surface area contributed by atoms with Gasteiger partial charge in [0.2, 0.25) is 5.91 Å². The normalized spacial score (nSPS) is 15.7. The van der Waals surface area contributed by atoms with E-state index in [1.807, 2.05) is 0 Å². The maximum atomic E-state index is 12.8. The molecule has 2 aromatic rings. The van der Waals surface area contributed by atoms with Gasteiger partial charge >= 0.3 is 6.18 Å². The van der Waals surface area contributed by atoms with Crippen LogP contribution in [-0.2, 0) is 17.5 Å². The summed E-state index contributed by atoms with van der Waals surface area (Å²) < 4.78 is 39.1. The van der Waals surface area contributed by atoms with Crippen LogP contribution in [0.4, 0.5) is 13.2 Å². The molecular formula is C17H16F3N3O3S. The highest BCUT2D eigenvalue weighted by Gasteiger charge is 2.31. The van der Waals surface area contributed by atoms with Gasteiger partial charge in [-0.2, -0.15) is 13.2 Å². The molecule has 1 aliphatic rings. The Bertz CT molecular complexity index is 899. The van der Waals surface area contributed by atoms with E-state index in [0.717, 1.165) is 15.6 Å². The molecule has 27 heavy (non-hydrogen) atoms. The summed E-state index contributed by atoms with van der Waals surface area (Å²) >= 11 is 1.40. The quantitative estimate of drug-likeness (QED) is 0.741. The highest BCUT2D eigenvalue weighted by atomic mass is 32.1. The minimum absolute atomic E-state index is 0.143. The van der Waals surface area contributed by atoms with Gasteiger partial charge in [-0.3, -0.25) is 14.4 Å². The second-order valence-electron chi connectivity index (χ2n) is 6.27. The van der Waals surface area contributed by atoms with Gasteiger partial charge in [0.1, 0.15) is 12.2 Å². The van der Waals surface area contributed by atoms with Crippen LogP contribution in [-0.4, -0.2) is 39.7 Å². The van der Waals surface area contributed by atoms with Crippen LogP contribution < -0.4 is 5.56 Å². The SMILES string of the molecule is O=Cc1csc(C2CCN(C(=O)Cn3cc(C(F)(F)F)ccc3=O)CC2)n1. The van der Waals surface area contributed by atoms with Gasteiger partial charge in [-0.25, -0.2) is 4.98 Å². The lowest BCUT2D eigenvalue weighted by Crippen LogP contribution is -2.41. The zero-order valence-electron chi connectivity index (χ0n) is 14.1. The Labute approximate surface area is 156 Å². The Hall–Kier alpha value is -2.49. The monoisotopic (exact) mass is 399 g/mol. The number of hydrogen-bond donors (Lipinski definition) is 0. The summed E-state index contributed by atoms with van der Waals surface area (Å²) in [5.74, 6) is -0.258. The van der Waals surface area contributed by atoms with Crippen molar-refractivity contribution in [1.29, 1.82) is 0 Å². The fourth-order valence-corrected chi connectivity index (χ4v) is 3.92. The van der Waals surface area contributed by atoms with E-state index in [4.69, 9.17) is 0 Å². The van der Waals surface area contributed by atoms with Crippen LogP contribution in [0.3, 0.4) is 0 Å². The average Bonchev–Trinajstić information content (AvgIpc) is 3.12. The predicted octanol–water partition coefficient (Wildman–Crippen LogP) is 2.54. The molecule has 0 bridgehead atoms. The number of hydrogen-bond acceptors (Lipinski definition) is 5. The third-order valence-corrected chi connectivity index (χ3v) is 5.50. The number of amides is 1. The van der Waals surface area contributed by atoms with Crippen molar-refractivity contribution in [3.8, 4) is 0 Å². The van der Waals surface area contributed by atoms with Crippen molar-refractivity contribution in [2.45, 2.75) is 31.5 Å². The Kier molecular flexibility index (Phi) is 5.45. The maximum absolute atomic E-state index is 12.8. The van der Waals surface area contributed by atoms with Crippen LogP contribution in [0.15, 0.2) is 28.5 Å². The first kappa shape index (κ1) is 19.3. The number of carbonyl (C=O) groups excluding carboxylic acids is 2. The molecular weight excluding hydrogens is 383 g/mol. The lowest BCUT2D eigenvalue weighted by atomic mass is 9.97. The lowest BCUT2D eigenvalue weighted by molar-refractivity contribution is -0.139. The van der Waals surface area contributed by atoms with Crippen LogP contribution >= 0.6 is 11.3 Å². The zero-order valence-corrected chi connectivity index (χ0v) is 14.9. The fraction of sp³-hybridized carbons (Fsp3) is 0.412. The van der Waals surface area contributed by atoms with E-state index in [0.29, 0.717) is 50.2 Å². The van der Waals surface area contributed by atoms with E-state index in [9.17, 15) is 27.6 Å². The van der Waals surface area contributed by atoms with Gasteiger partial charge in [0.25, 0.3) is 5.56 Å². The minimum atomic E-state index is -4.58. The first-order valence-corrected chi connectivity index (χ1v) is 9.12. The molecule has 3 rings (SSSR count). The average molecular weight is 399 g/mol. The second-order valence-corrected chi connectivity index (χ2v) is 7.15. The summed E-state index contributed by atoms with van der Waals surface area (Å²) in [6, 6.07) is 1.52. The zero-order chi connectivity index (χ0) is 19.6. The molecule has 0 saturated carbocycles. The number of piperidine rings is 1. The number of aldehydes is 1. The maximum Gasteiger partial charge on any atom is 0.417 e. The van der Waals surface area contributed by atoms with E-state index in [-0.39, 0.29) is 5.92 Å². The van der Waals surface area contributed by atoms with Gasteiger partial charge in [0.15, 0.2) is 6.29 Å². The smallest absolute Gasteiger partial charge is 0.341 e. The fourth-order valence-electron chi connectivity index (χ4n) is 2.99. The van der Waals surface area contributed by atoms with Crippen LogP contribution in [0.25, 0.3) is 0 Å². The molecule has 0 atom stereocenters. The molecule has 6 nitrogen and oxygen atoms in total. The summed E-state index contributed by atoms with van der Waals surface area (Å²) in [5.41, 5.74) is -1.24. The number of carbonyl (C=O) groups is 2. The van der Waals surface area contributed by atoms with Gasteiger partial charge in [0, 0.05) is 36.7 Å². The number of aromatic nitrogens is 2. The highest BCUT2D eigenvalue weighted by molar-refractivity contribution is 7.09. The molecule has 3 heterocycles. The van der Waals surface area contributed by atoms with Crippen LogP contribution in [0.1, 0.15) is 39.8 Å². The third kappa shape index (κ3) is 4.44. The molecule has 144 valence electrons. The van der Waals surface area contributed by atoms with Crippen LogP contribution in [0, 0.1) is 0 Å². The van der Waals surface area contributed by atoms with Crippen molar-refractivity contribution >= 4 is 23.5 Å². The number of thiazole rings is 1. The summed E-state index contributed by atoms with van der Waals surface area (Å²) in [6.07, 6.45) is -1.93. The first-order chi connectivity index (χ1) is 12.8. The van der Waals surface area contributed by atoms with Crippen molar-refractivity contribution < 1.29 is 22.8 Å². The van der Waals surface area contributed by atoms with E-state index in [1.54, 1.807) is 5.38 Å². The number of rotatable bonds is 4. The Balaban J connectivity index is 1.63. The van der Waals surface area contributed by atoms with Crippen molar-refractivity contribution in [2.75, 3.05) is 13.1 Å². The molecule has 1 amide bonds. The van der Waals surface area contributed by atoms with Crippen molar-refractivity contribution in [2.24, 2.45) is 0 Å². The topological polar surface area (TPSA) is 72.3 Å². The van der Waals surface area contributed by atoms with Gasteiger partial charge in [-0.15, -0.1) is 11.3 Å². The van der Waals surface area contributed by atoms with E-state index in [2.05, 4.69) is 4.98 Å². The molecule has 1 fully saturated rings. The first-order valence-electron chi connectivity index (χ1n) is 8.24. The molecule has 0 spiro atoms. The number of likely N-dealkylation sites (tertiary alicyclic amines) is 1. The van der Waals surface area contributed by atoms with E-state index < -0.39 is 29.8 Å². The third-order valence-electron chi connectivity index (χ3n) is 4.47. The molecule has 0 aliphatic carbocycles. The largest absolute Gasteiger partial charge is 0.417 e. The highest BCUT2D eigenvalue weighted by Crippen LogP contribution is 2.30. The van der Waals surface area contributed by atoms with Crippen LogP contribution in [0.5, 0.6) is 0 Å². The Morgan fingerprint density at radius 3 is 2.59 bits per heavy atom. The number of halogens is 3. The summed E-state index contributed by atoms with van der Waals surface area (Å²) in [6.45, 7) is 0.417. The van der Waals surface area contributed by atoms with Gasteiger partial charge < -0.3 is 9.47 Å². The minimum Gasteiger partial charge on any atom is -0.341 e. The summed E-state index contributed by atoms with van der Waals surface area (Å²) in [4.78, 5) is 40.7. The van der Waals surface area contributed by atoms with E-state index in [1.165, 1.54) is 16.2 Å². The molecule has 1 aliphatic heterocycles. The van der Waals surface area contributed by atoms with Crippen LogP contribution in [0.2, 0.25) is 0 Å². The standard InChI is InChI=1S/C17H16F3N3O3S/c18-17(19,20)12-1-2-14(25)23(7-12)8-15(26)22-5-3-11(4-6-22)16-21-13(9-24)10-27-16/h1-2,7,9-11H,3-6,8H2. The molecule has 0 N–H and O–H groups in total. The number of alkyl halides is 3. The second kappa shape index (κ2) is 7.63. The molecule has 10 heteroatoms. The number of nitrogens with zero attached hydrogens (tertiary/aromatic N) is 3. The summed E-state index contributed by atoms with van der Waals surface area (Å²) in [5, 5.41) is 2.53. The van der Waals surface area contributed by atoms with Crippen molar-refractivity contribution in [3.63, 3.8) is 0 Å². The Morgan fingerprint density at radius 2 is 2.00 bits per heavy atom. The molecule has 0 unspecified atom stereocenters. The van der Waals surface area contributed by atoms with Gasteiger partial charge in [-0.05, 0) is 18.9 Å². The van der Waals surface area contributed by atoms with Crippen molar-refractivity contribution in [1.82, 2.24) is 14.5 Å².